The molecule has 0 aliphatic heterocycles. The summed E-state index contributed by atoms with van der Waals surface area (Å²) in [7, 11) is -4.02. The van der Waals surface area contributed by atoms with Crippen molar-refractivity contribution in [3.05, 3.63) is 22.2 Å². The predicted molar refractivity (Wildman–Crippen MR) is 73.8 cm³/mol. The molecule has 0 saturated heterocycles. The third-order valence-corrected chi connectivity index (χ3v) is 4.44. The Kier molecular flexibility index (Phi) is 5.05. The van der Waals surface area contributed by atoms with E-state index in [9.17, 15) is 13.5 Å². The van der Waals surface area contributed by atoms with Crippen molar-refractivity contribution >= 4 is 38.9 Å². The van der Waals surface area contributed by atoms with Crippen LogP contribution in [0, 0.1) is 0 Å². The molecule has 0 aliphatic rings. The molecule has 0 heterocycles. The van der Waals surface area contributed by atoms with Gasteiger partial charge in [-0.1, -0.05) is 23.2 Å². The molecule has 0 bridgehead atoms. The van der Waals surface area contributed by atoms with Crippen molar-refractivity contribution < 1.29 is 18.6 Å². The second-order valence-electron chi connectivity index (χ2n) is 4.29. The van der Waals surface area contributed by atoms with Crippen LogP contribution in [-0.2, 0) is 10.0 Å². The normalized spacial score (nSPS) is 15.2. The maximum Gasteiger partial charge on any atom is 0.244 e. The number of anilines is 1. The standard InChI is InChI=1S/C10H14Cl2N2O4S/c1-10(16,5-15)4-14-19(17,18)9-7(12)2-6(11)3-8(9)13/h2-3,14-16H,4-5,13H2,1H3. The van der Waals surface area contributed by atoms with E-state index in [0.717, 1.165) is 0 Å². The van der Waals surface area contributed by atoms with E-state index in [-0.39, 0.29) is 27.2 Å². The third-order valence-electron chi connectivity index (χ3n) is 2.29. The van der Waals surface area contributed by atoms with Crippen LogP contribution in [0.2, 0.25) is 10.0 Å². The van der Waals surface area contributed by atoms with Crippen LogP contribution in [0.25, 0.3) is 0 Å². The maximum atomic E-state index is 12.0. The SMILES string of the molecule is CC(O)(CO)CNS(=O)(=O)c1c(N)cc(Cl)cc1Cl. The Labute approximate surface area is 121 Å². The fourth-order valence-electron chi connectivity index (χ4n) is 1.24. The Morgan fingerprint density at radius 3 is 2.47 bits per heavy atom. The smallest absolute Gasteiger partial charge is 0.244 e. The molecular formula is C10H14Cl2N2O4S. The molecule has 0 aromatic heterocycles. The molecule has 19 heavy (non-hydrogen) atoms. The largest absolute Gasteiger partial charge is 0.398 e. The average molecular weight is 329 g/mol. The highest BCUT2D eigenvalue weighted by molar-refractivity contribution is 7.89. The summed E-state index contributed by atoms with van der Waals surface area (Å²) in [5.41, 5.74) is 3.89. The maximum absolute atomic E-state index is 12.0. The topological polar surface area (TPSA) is 113 Å². The van der Waals surface area contributed by atoms with Crippen molar-refractivity contribution in [1.82, 2.24) is 4.72 Å². The number of nitrogen functional groups attached to an aromatic ring is 1. The van der Waals surface area contributed by atoms with E-state index in [0.29, 0.717) is 0 Å². The molecule has 1 aromatic rings. The molecule has 0 saturated carbocycles. The van der Waals surface area contributed by atoms with Gasteiger partial charge in [0.25, 0.3) is 0 Å². The van der Waals surface area contributed by atoms with Crippen LogP contribution in [0.4, 0.5) is 5.69 Å². The minimum Gasteiger partial charge on any atom is -0.398 e. The number of hydrogen-bond donors (Lipinski definition) is 4. The lowest BCUT2D eigenvalue weighted by atomic mass is 10.1. The second kappa shape index (κ2) is 5.82. The summed E-state index contributed by atoms with van der Waals surface area (Å²) < 4.78 is 26.2. The Hall–Kier alpha value is -0.570. The fourth-order valence-corrected chi connectivity index (χ4v) is 3.39. The minimum absolute atomic E-state index is 0.103. The molecule has 0 radical (unpaired) electrons. The number of aliphatic hydroxyl groups is 2. The molecule has 6 nitrogen and oxygen atoms in total. The molecule has 1 rings (SSSR count). The van der Waals surface area contributed by atoms with Crippen molar-refractivity contribution in [3.63, 3.8) is 0 Å². The summed E-state index contributed by atoms with van der Waals surface area (Å²) in [5.74, 6) is 0. The van der Waals surface area contributed by atoms with Crippen molar-refractivity contribution in [3.8, 4) is 0 Å². The zero-order valence-corrected chi connectivity index (χ0v) is 12.3. The Bertz CT molecular complexity index is 552. The zero-order valence-electron chi connectivity index (χ0n) is 10.0. The molecule has 1 aromatic carbocycles. The lowest BCUT2D eigenvalue weighted by Gasteiger charge is -2.21. The number of rotatable bonds is 5. The zero-order chi connectivity index (χ0) is 14.8. The molecule has 1 unspecified atom stereocenters. The minimum atomic E-state index is -4.02. The third kappa shape index (κ3) is 4.20. The van der Waals surface area contributed by atoms with Gasteiger partial charge in [-0.25, -0.2) is 13.1 Å². The number of nitrogens with one attached hydrogen (secondary N) is 1. The molecule has 9 heteroatoms. The van der Waals surface area contributed by atoms with E-state index < -0.39 is 22.2 Å². The summed E-state index contributed by atoms with van der Waals surface area (Å²) in [6, 6.07) is 2.50. The van der Waals surface area contributed by atoms with Gasteiger partial charge in [-0.2, -0.15) is 0 Å². The van der Waals surface area contributed by atoms with Gasteiger partial charge in [0.1, 0.15) is 4.90 Å². The molecule has 0 aliphatic carbocycles. The van der Waals surface area contributed by atoms with E-state index in [1.54, 1.807) is 0 Å². The van der Waals surface area contributed by atoms with E-state index >= 15 is 0 Å². The highest BCUT2D eigenvalue weighted by Gasteiger charge is 2.26. The van der Waals surface area contributed by atoms with E-state index in [2.05, 4.69) is 4.72 Å². The number of aliphatic hydroxyl groups excluding tert-OH is 1. The Morgan fingerprint density at radius 1 is 1.42 bits per heavy atom. The molecule has 5 N–H and O–H groups in total. The number of benzene rings is 1. The summed E-state index contributed by atoms with van der Waals surface area (Å²) in [4.78, 5) is -0.313. The van der Waals surface area contributed by atoms with Crippen molar-refractivity contribution in [1.29, 1.82) is 0 Å². The molecule has 1 atom stereocenters. The Balaban J connectivity index is 3.09. The number of hydrogen-bond acceptors (Lipinski definition) is 5. The second-order valence-corrected chi connectivity index (χ2v) is 6.83. The predicted octanol–water partition coefficient (Wildman–Crippen LogP) is 0.597. The van der Waals surface area contributed by atoms with Crippen LogP contribution >= 0.6 is 23.2 Å². The van der Waals surface area contributed by atoms with Crippen LogP contribution < -0.4 is 10.5 Å². The highest BCUT2D eigenvalue weighted by atomic mass is 35.5. The molecule has 0 fully saturated rings. The van der Waals surface area contributed by atoms with Gasteiger partial charge in [0.2, 0.25) is 10.0 Å². The van der Waals surface area contributed by atoms with Gasteiger partial charge in [-0.05, 0) is 19.1 Å². The van der Waals surface area contributed by atoms with Crippen LogP contribution in [0.3, 0.4) is 0 Å². The molecule has 0 spiro atoms. The first kappa shape index (κ1) is 16.5. The fraction of sp³-hybridized carbons (Fsp3) is 0.400. The van der Waals surface area contributed by atoms with E-state index in [4.69, 9.17) is 34.0 Å². The van der Waals surface area contributed by atoms with E-state index in [1.165, 1.54) is 19.1 Å². The Morgan fingerprint density at radius 2 is 2.00 bits per heavy atom. The number of halogens is 2. The summed E-state index contributed by atoms with van der Waals surface area (Å²) >= 11 is 11.5. The van der Waals surface area contributed by atoms with Gasteiger partial charge < -0.3 is 15.9 Å². The van der Waals surface area contributed by atoms with Crippen LogP contribution in [0.15, 0.2) is 17.0 Å². The molecule has 0 amide bonds. The van der Waals surface area contributed by atoms with Crippen LogP contribution in [-0.4, -0.2) is 37.4 Å². The lowest BCUT2D eigenvalue weighted by molar-refractivity contribution is 0.00681. The van der Waals surface area contributed by atoms with Crippen LogP contribution in [0.1, 0.15) is 6.92 Å². The van der Waals surface area contributed by atoms with Gasteiger partial charge in [0.15, 0.2) is 0 Å². The van der Waals surface area contributed by atoms with Gasteiger partial charge in [-0.3, -0.25) is 0 Å². The first-order valence-electron chi connectivity index (χ1n) is 5.16. The lowest BCUT2D eigenvalue weighted by Crippen LogP contribution is -2.43. The molecular weight excluding hydrogens is 315 g/mol. The first-order valence-corrected chi connectivity index (χ1v) is 7.40. The van der Waals surface area contributed by atoms with Crippen molar-refractivity contribution in [2.75, 3.05) is 18.9 Å². The van der Waals surface area contributed by atoms with Crippen molar-refractivity contribution in [2.24, 2.45) is 0 Å². The summed E-state index contributed by atoms with van der Waals surface area (Å²) in [6.07, 6.45) is 0. The quantitative estimate of drug-likeness (QED) is 0.591. The van der Waals surface area contributed by atoms with E-state index in [1.807, 2.05) is 0 Å². The monoisotopic (exact) mass is 328 g/mol. The van der Waals surface area contributed by atoms with Gasteiger partial charge >= 0.3 is 0 Å². The number of nitrogens with two attached hydrogens (primary N) is 1. The summed E-state index contributed by atoms with van der Waals surface area (Å²) in [6.45, 7) is 0.298. The molecule has 108 valence electrons. The first-order chi connectivity index (χ1) is 8.59. The van der Waals surface area contributed by atoms with Crippen LogP contribution in [0.5, 0.6) is 0 Å². The summed E-state index contributed by atoms with van der Waals surface area (Å²) in [5, 5.41) is 18.5. The highest BCUT2D eigenvalue weighted by Crippen LogP contribution is 2.30. The number of sulfonamides is 1. The average Bonchev–Trinajstić information content (AvgIpc) is 2.25. The van der Waals surface area contributed by atoms with Crippen molar-refractivity contribution in [2.45, 2.75) is 17.4 Å². The van der Waals surface area contributed by atoms with Gasteiger partial charge in [0, 0.05) is 11.6 Å². The van der Waals surface area contributed by atoms with Gasteiger partial charge in [0.05, 0.1) is 22.9 Å². The van der Waals surface area contributed by atoms with Gasteiger partial charge in [-0.15, -0.1) is 0 Å².